The first-order valence-electron chi connectivity index (χ1n) is 16.1. The van der Waals surface area contributed by atoms with Gasteiger partial charge in [0.15, 0.2) is 0 Å². The molecular formula is C33H64N2. The maximum atomic E-state index is 2.80. The van der Waals surface area contributed by atoms with E-state index in [1.807, 2.05) is 0 Å². The van der Waals surface area contributed by atoms with Gasteiger partial charge < -0.3 is 9.80 Å². The van der Waals surface area contributed by atoms with Crippen LogP contribution < -0.4 is 0 Å². The first-order chi connectivity index (χ1) is 17.4. The van der Waals surface area contributed by atoms with Crippen molar-refractivity contribution in [1.82, 2.24) is 9.80 Å². The van der Waals surface area contributed by atoms with Crippen molar-refractivity contribution < 1.29 is 0 Å². The van der Waals surface area contributed by atoms with E-state index in [4.69, 9.17) is 0 Å². The van der Waals surface area contributed by atoms with E-state index >= 15 is 0 Å². The first-order valence-corrected chi connectivity index (χ1v) is 16.1. The fourth-order valence-electron chi connectivity index (χ4n) is 5.24. The summed E-state index contributed by atoms with van der Waals surface area (Å²) >= 11 is 0. The summed E-state index contributed by atoms with van der Waals surface area (Å²) in [5.41, 5.74) is 0. The average molecular weight is 489 g/mol. The number of rotatable bonds is 26. The third kappa shape index (κ3) is 22.3. The molecule has 206 valence electrons. The number of likely N-dealkylation sites (tertiary alicyclic amines) is 1. The average Bonchev–Trinajstić information content (AvgIpc) is 3.39. The lowest BCUT2D eigenvalue weighted by Crippen LogP contribution is -2.35. The minimum Gasteiger partial charge on any atom is -0.302 e. The minimum atomic E-state index is 1.12. The number of nitrogens with zero attached hydrogens (tertiary/aromatic N) is 2. The van der Waals surface area contributed by atoms with Crippen molar-refractivity contribution in [2.45, 2.75) is 149 Å². The van der Waals surface area contributed by atoms with Gasteiger partial charge in [0.2, 0.25) is 0 Å². The van der Waals surface area contributed by atoms with Crippen molar-refractivity contribution in [3.8, 4) is 0 Å². The van der Waals surface area contributed by atoms with Crippen molar-refractivity contribution in [3.63, 3.8) is 0 Å². The second-order valence-electron chi connectivity index (χ2n) is 11.1. The monoisotopic (exact) mass is 489 g/mol. The minimum absolute atomic E-state index is 1.12. The maximum absolute atomic E-state index is 2.80. The summed E-state index contributed by atoms with van der Waals surface area (Å²) in [6.45, 7) is 12.5. The molecule has 1 fully saturated rings. The van der Waals surface area contributed by atoms with Crippen molar-refractivity contribution >= 4 is 0 Å². The highest BCUT2D eigenvalue weighted by molar-refractivity contribution is 4.92. The van der Waals surface area contributed by atoms with Crippen LogP contribution >= 0.6 is 0 Å². The molecule has 2 heteroatoms. The van der Waals surface area contributed by atoms with E-state index in [2.05, 4.69) is 48.0 Å². The molecular weight excluding hydrogens is 424 g/mol. The molecule has 2 nitrogen and oxygen atoms in total. The number of unbranched alkanes of at least 4 members (excludes halogenated alkanes) is 15. The van der Waals surface area contributed by atoms with Gasteiger partial charge >= 0.3 is 0 Å². The summed E-state index contributed by atoms with van der Waals surface area (Å²) in [5, 5.41) is 0. The molecule has 35 heavy (non-hydrogen) atoms. The van der Waals surface area contributed by atoms with E-state index < -0.39 is 0 Å². The Morgan fingerprint density at radius 2 is 0.971 bits per heavy atom. The molecule has 1 saturated heterocycles. The van der Waals surface area contributed by atoms with Gasteiger partial charge in [-0.15, -0.1) is 0 Å². The molecule has 1 aliphatic rings. The fraction of sp³-hybridized carbons (Fsp3) is 0.879. The fourth-order valence-corrected chi connectivity index (χ4v) is 5.24. The van der Waals surface area contributed by atoms with Gasteiger partial charge in [-0.3, -0.25) is 0 Å². The van der Waals surface area contributed by atoms with Crippen LogP contribution in [0.1, 0.15) is 149 Å². The molecule has 0 spiro atoms. The molecule has 0 saturated carbocycles. The van der Waals surface area contributed by atoms with Crippen LogP contribution in [0.2, 0.25) is 0 Å². The van der Waals surface area contributed by atoms with Gasteiger partial charge in [-0.25, -0.2) is 0 Å². The maximum Gasteiger partial charge on any atom is 0.0109 e. The van der Waals surface area contributed by atoms with Gasteiger partial charge in [0.1, 0.15) is 0 Å². The lowest BCUT2D eigenvalue weighted by atomic mass is 10.1. The molecule has 0 N–H and O–H groups in total. The normalized spacial score (nSPS) is 14.9. The van der Waals surface area contributed by atoms with Crippen LogP contribution in [0, 0.1) is 0 Å². The van der Waals surface area contributed by atoms with E-state index in [0.717, 1.165) is 6.42 Å². The predicted octanol–water partition coefficient (Wildman–Crippen LogP) is 9.95. The molecule has 0 unspecified atom stereocenters. The Morgan fingerprint density at radius 3 is 1.54 bits per heavy atom. The molecule has 1 heterocycles. The highest BCUT2D eigenvalue weighted by atomic mass is 15.2. The third-order valence-electron chi connectivity index (χ3n) is 7.68. The summed E-state index contributed by atoms with van der Waals surface area (Å²) in [4.78, 5) is 5.49. The highest BCUT2D eigenvalue weighted by Crippen LogP contribution is 2.12. The van der Waals surface area contributed by atoms with Gasteiger partial charge in [0.05, 0.1) is 0 Å². The Labute approximate surface area is 222 Å². The predicted molar refractivity (Wildman–Crippen MR) is 159 cm³/mol. The second-order valence-corrected chi connectivity index (χ2v) is 11.1. The molecule has 1 rings (SSSR count). The van der Waals surface area contributed by atoms with Crippen molar-refractivity contribution in [2.75, 3.05) is 39.3 Å². The van der Waals surface area contributed by atoms with E-state index in [0.29, 0.717) is 0 Å². The molecule has 0 bridgehead atoms. The Kier molecular flexibility index (Phi) is 24.5. The zero-order valence-electron chi connectivity index (χ0n) is 24.3. The topological polar surface area (TPSA) is 6.48 Å². The van der Waals surface area contributed by atoms with Gasteiger partial charge in [-0.05, 0) is 84.0 Å². The van der Waals surface area contributed by atoms with Crippen molar-refractivity contribution in [2.24, 2.45) is 0 Å². The van der Waals surface area contributed by atoms with Gasteiger partial charge in [-0.1, -0.05) is 115 Å². The molecule has 0 aromatic rings. The van der Waals surface area contributed by atoms with Gasteiger partial charge in [0.25, 0.3) is 0 Å². The van der Waals surface area contributed by atoms with Gasteiger partial charge in [0, 0.05) is 13.1 Å². The summed E-state index contributed by atoms with van der Waals surface area (Å²) in [5.74, 6) is 0. The van der Waals surface area contributed by atoms with E-state index in [-0.39, 0.29) is 0 Å². The smallest absolute Gasteiger partial charge is 0.0109 e. The number of hydrogen-bond donors (Lipinski definition) is 0. The summed E-state index contributed by atoms with van der Waals surface area (Å²) < 4.78 is 0. The SMILES string of the molecule is CCCCC/C=C/C/C=C/CCCCCCCCN(CCCCCCCCC)CCN1CCCC1. The van der Waals surface area contributed by atoms with E-state index in [9.17, 15) is 0 Å². The quantitative estimate of drug-likeness (QED) is 0.0882. The Morgan fingerprint density at radius 1 is 0.514 bits per heavy atom. The van der Waals surface area contributed by atoms with Crippen LogP contribution in [0.15, 0.2) is 24.3 Å². The summed E-state index contributed by atoms with van der Waals surface area (Å²) in [6.07, 6.45) is 38.5. The Balaban J connectivity index is 2.01. The van der Waals surface area contributed by atoms with Crippen LogP contribution in [-0.4, -0.2) is 49.1 Å². The van der Waals surface area contributed by atoms with Crippen molar-refractivity contribution in [1.29, 1.82) is 0 Å². The van der Waals surface area contributed by atoms with Crippen LogP contribution in [0.5, 0.6) is 0 Å². The summed E-state index contributed by atoms with van der Waals surface area (Å²) in [6, 6.07) is 0. The molecule has 0 amide bonds. The van der Waals surface area contributed by atoms with Crippen LogP contribution in [0.4, 0.5) is 0 Å². The second kappa shape index (κ2) is 26.5. The zero-order valence-corrected chi connectivity index (χ0v) is 24.3. The highest BCUT2D eigenvalue weighted by Gasteiger charge is 2.13. The van der Waals surface area contributed by atoms with E-state index in [1.165, 1.54) is 168 Å². The van der Waals surface area contributed by atoms with Crippen molar-refractivity contribution in [3.05, 3.63) is 24.3 Å². The zero-order chi connectivity index (χ0) is 25.1. The summed E-state index contributed by atoms with van der Waals surface area (Å²) in [7, 11) is 0. The molecule has 1 aliphatic heterocycles. The molecule has 0 aliphatic carbocycles. The number of allylic oxidation sites excluding steroid dienone is 4. The van der Waals surface area contributed by atoms with Crippen LogP contribution in [0.3, 0.4) is 0 Å². The largest absolute Gasteiger partial charge is 0.302 e. The third-order valence-corrected chi connectivity index (χ3v) is 7.68. The molecule has 0 aromatic heterocycles. The molecule has 0 atom stereocenters. The standard InChI is InChI=1S/C33H64N2/c1-3-5-7-9-11-12-13-14-15-16-17-18-19-21-23-25-29-34(32-33-35-30-26-27-31-35)28-24-22-20-10-8-6-4-2/h11-12,14-15H,3-10,13,16-33H2,1-2H3/b12-11+,15-14+. The lowest BCUT2D eigenvalue weighted by molar-refractivity contribution is 0.217. The Hall–Kier alpha value is -0.600. The molecule has 0 radical (unpaired) electrons. The molecule has 0 aromatic carbocycles. The lowest BCUT2D eigenvalue weighted by Gasteiger charge is -2.25. The first kappa shape index (κ1) is 32.4. The number of hydrogen-bond acceptors (Lipinski definition) is 2. The Bertz CT molecular complexity index is 464. The van der Waals surface area contributed by atoms with Crippen LogP contribution in [-0.2, 0) is 0 Å². The van der Waals surface area contributed by atoms with E-state index in [1.54, 1.807) is 0 Å². The van der Waals surface area contributed by atoms with Crippen LogP contribution in [0.25, 0.3) is 0 Å². The van der Waals surface area contributed by atoms with Gasteiger partial charge in [-0.2, -0.15) is 0 Å².